The Morgan fingerprint density at radius 2 is 2.05 bits per heavy atom. The van der Waals surface area contributed by atoms with Crippen LogP contribution in [0.3, 0.4) is 0 Å². The number of rotatable bonds is 3. The molecule has 0 fully saturated rings. The normalized spacial score (nSPS) is 15.8. The molecule has 3 rings (SSSR count). The van der Waals surface area contributed by atoms with Crippen molar-refractivity contribution in [2.75, 3.05) is 7.11 Å². The molecule has 1 atom stereocenters. The molecule has 0 saturated heterocycles. The van der Waals surface area contributed by atoms with Gasteiger partial charge in [0.25, 0.3) is 5.91 Å². The van der Waals surface area contributed by atoms with Crippen LogP contribution >= 0.6 is 0 Å². The molecule has 0 radical (unpaired) electrons. The van der Waals surface area contributed by atoms with Crippen molar-refractivity contribution in [1.82, 2.24) is 10.3 Å². The Balaban J connectivity index is 1.75. The van der Waals surface area contributed by atoms with Gasteiger partial charge in [-0.3, -0.25) is 4.79 Å². The molecule has 1 aromatic heterocycles. The third-order valence-electron chi connectivity index (χ3n) is 3.00. The van der Waals surface area contributed by atoms with Crippen LogP contribution in [0, 0.1) is 0 Å². The number of fused-ring (bicyclic) bond motifs is 1. The van der Waals surface area contributed by atoms with Crippen LogP contribution in [0.1, 0.15) is 22.1 Å². The second-order valence-corrected chi connectivity index (χ2v) is 4.24. The van der Waals surface area contributed by atoms with E-state index in [4.69, 9.17) is 4.74 Å². The highest BCUT2D eigenvalue weighted by Crippen LogP contribution is 2.31. The fourth-order valence-corrected chi connectivity index (χ4v) is 1.94. The zero-order valence-electron chi connectivity index (χ0n) is 10.8. The van der Waals surface area contributed by atoms with E-state index in [1.54, 1.807) is 43.6 Å². The van der Waals surface area contributed by atoms with Gasteiger partial charge in [0.2, 0.25) is 0 Å². The van der Waals surface area contributed by atoms with Gasteiger partial charge in [0.05, 0.1) is 7.11 Å². The maximum Gasteiger partial charge on any atom is 0.253 e. The highest BCUT2D eigenvalue weighted by atomic mass is 16.5. The second kappa shape index (κ2) is 5.08. The summed E-state index contributed by atoms with van der Waals surface area (Å²) in [4.78, 5) is 16.2. The number of benzene rings is 1. The summed E-state index contributed by atoms with van der Waals surface area (Å²) >= 11 is 0. The van der Waals surface area contributed by atoms with E-state index in [0.717, 1.165) is 5.56 Å². The fourth-order valence-electron chi connectivity index (χ4n) is 1.94. The van der Waals surface area contributed by atoms with Gasteiger partial charge in [-0.2, -0.15) is 5.11 Å². The van der Waals surface area contributed by atoms with E-state index in [9.17, 15) is 4.79 Å². The average Bonchev–Trinajstić information content (AvgIpc) is 2.91. The van der Waals surface area contributed by atoms with Crippen molar-refractivity contribution in [3.63, 3.8) is 0 Å². The molecule has 1 aliphatic heterocycles. The standard InChI is InChI=1S/C14H12N4O2/c1-20-10-6-4-9(5-7-10)14(19)16-13-11-3-2-8-15-12(11)17-18-13/h2-8,13H,1H3,(H,16,19). The summed E-state index contributed by atoms with van der Waals surface area (Å²) in [5.41, 5.74) is 1.34. The molecule has 100 valence electrons. The van der Waals surface area contributed by atoms with Gasteiger partial charge in [-0.05, 0) is 36.4 Å². The first-order chi connectivity index (χ1) is 9.78. The van der Waals surface area contributed by atoms with Crippen molar-refractivity contribution in [1.29, 1.82) is 0 Å². The van der Waals surface area contributed by atoms with Gasteiger partial charge in [-0.15, -0.1) is 5.11 Å². The zero-order valence-corrected chi connectivity index (χ0v) is 10.8. The van der Waals surface area contributed by atoms with Crippen molar-refractivity contribution < 1.29 is 9.53 Å². The van der Waals surface area contributed by atoms with Crippen molar-refractivity contribution >= 4 is 11.7 Å². The lowest BCUT2D eigenvalue weighted by Gasteiger charge is -2.10. The molecule has 20 heavy (non-hydrogen) atoms. The predicted octanol–water partition coefficient (Wildman–Crippen LogP) is 2.62. The topological polar surface area (TPSA) is 75.9 Å². The number of azo groups is 1. The smallest absolute Gasteiger partial charge is 0.253 e. The Hall–Kier alpha value is -2.76. The van der Waals surface area contributed by atoms with E-state index >= 15 is 0 Å². The highest BCUT2D eigenvalue weighted by molar-refractivity contribution is 5.94. The third-order valence-corrected chi connectivity index (χ3v) is 3.00. The number of ether oxygens (including phenoxy) is 1. The second-order valence-electron chi connectivity index (χ2n) is 4.24. The molecule has 6 heteroatoms. The van der Waals surface area contributed by atoms with Crippen LogP contribution in [-0.4, -0.2) is 18.0 Å². The molecule has 1 unspecified atom stereocenters. The number of carbonyl (C=O) groups excluding carboxylic acids is 1. The van der Waals surface area contributed by atoms with Gasteiger partial charge in [0.15, 0.2) is 12.0 Å². The number of hydrogen-bond donors (Lipinski definition) is 1. The SMILES string of the molecule is COc1ccc(C(=O)NC2N=Nc3ncccc32)cc1. The van der Waals surface area contributed by atoms with Gasteiger partial charge >= 0.3 is 0 Å². The van der Waals surface area contributed by atoms with Crippen LogP contribution in [0.25, 0.3) is 0 Å². The molecule has 1 aliphatic rings. The van der Waals surface area contributed by atoms with Gasteiger partial charge in [0.1, 0.15) is 5.75 Å². The maximum absolute atomic E-state index is 12.1. The lowest BCUT2D eigenvalue weighted by Crippen LogP contribution is -2.26. The molecular weight excluding hydrogens is 256 g/mol. The summed E-state index contributed by atoms with van der Waals surface area (Å²) in [5.74, 6) is 1.04. The van der Waals surface area contributed by atoms with Crippen LogP contribution in [-0.2, 0) is 0 Å². The number of pyridine rings is 1. The number of nitrogens with one attached hydrogen (secondary N) is 1. The van der Waals surface area contributed by atoms with Crippen LogP contribution in [0.4, 0.5) is 5.82 Å². The Bertz CT molecular complexity index is 667. The van der Waals surface area contributed by atoms with E-state index in [2.05, 4.69) is 20.5 Å². The average molecular weight is 268 g/mol. The highest BCUT2D eigenvalue weighted by Gasteiger charge is 2.23. The molecule has 1 N–H and O–H groups in total. The molecule has 6 nitrogen and oxygen atoms in total. The van der Waals surface area contributed by atoms with Gasteiger partial charge < -0.3 is 10.1 Å². The van der Waals surface area contributed by atoms with Crippen LogP contribution < -0.4 is 10.1 Å². The molecule has 1 aromatic carbocycles. The Morgan fingerprint density at radius 3 is 2.80 bits per heavy atom. The summed E-state index contributed by atoms with van der Waals surface area (Å²) in [7, 11) is 1.58. The largest absolute Gasteiger partial charge is 0.497 e. The predicted molar refractivity (Wildman–Crippen MR) is 72.0 cm³/mol. The molecular formula is C14H12N4O2. The van der Waals surface area contributed by atoms with Gasteiger partial charge in [-0.1, -0.05) is 0 Å². The van der Waals surface area contributed by atoms with E-state index in [0.29, 0.717) is 17.1 Å². The molecule has 2 aromatic rings. The van der Waals surface area contributed by atoms with Gasteiger partial charge in [-0.25, -0.2) is 4.98 Å². The third kappa shape index (κ3) is 2.23. The van der Waals surface area contributed by atoms with Crippen LogP contribution in [0.5, 0.6) is 5.75 Å². The molecule has 0 aliphatic carbocycles. The van der Waals surface area contributed by atoms with Gasteiger partial charge in [0, 0.05) is 17.3 Å². The van der Waals surface area contributed by atoms with Crippen molar-refractivity contribution in [2.24, 2.45) is 10.2 Å². The number of aromatic nitrogens is 1. The fraction of sp³-hybridized carbons (Fsp3) is 0.143. The first-order valence-corrected chi connectivity index (χ1v) is 6.08. The quantitative estimate of drug-likeness (QED) is 0.929. The molecule has 0 spiro atoms. The van der Waals surface area contributed by atoms with E-state index in [1.165, 1.54) is 0 Å². The number of carbonyl (C=O) groups is 1. The number of amides is 1. The van der Waals surface area contributed by atoms with Crippen LogP contribution in [0.15, 0.2) is 52.8 Å². The Morgan fingerprint density at radius 1 is 1.25 bits per heavy atom. The maximum atomic E-state index is 12.1. The minimum absolute atomic E-state index is 0.215. The number of hydrogen-bond acceptors (Lipinski definition) is 5. The lowest BCUT2D eigenvalue weighted by atomic mass is 10.1. The van der Waals surface area contributed by atoms with E-state index < -0.39 is 6.17 Å². The van der Waals surface area contributed by atoms with Crippen LogP contribution in [0.2, 0.25) is 0 Å². The van der Waals surface area contributed by atoms with E-state index in [-0.39, 0.29) is 5.91 Å². The van der Waals surface area contributed by atoms with Crippen molar-refractivity contribution in [2.45, 2.75) is 6.17 Å². The summed E-state index contributed by atoms with van der Waals surface area (Å²) in [6.45, 7) is 0. The monoisotopic (exact) mass is 268 g/mol. The molecule has 2 heterocycles. The molecule has 0 bridgehead atoms. The van der Waals surface area contributed by atoms with Crippen molar-refractivity contribution in [3.8, 4) is 5.75 Å². The summed E-state index contributed by atoms with van der Waals surface area (Å²) in [6, 6.07) is 10.5. The Kier molecular flexibility index (Phi) is 3.12. The number of nitrogens with zero attached hydrogens (tertiary/aromatic N) is 3. The number of methoxy groups -OCH3 is 1. The van der Waals surface area contributed by atoms with E-state index in [1.807, 2.05) is 6.07 Å². The molecule has 0 saturated carbocycles. The summed E-state index contributed by atoms with van der Waals surface area (Å²) in [5, 5.41) is 10.8. The first-order valence-electron chi connectivity index (χ1n) is 6.08. The minimum Gasteiger partial charge on any atom is -0.497 e. The minimum atomic E-state index is -0.478. The van der Waals surface area contributed by atoms with Crippen molar-refractivity contribution in [3.05, 3.63) is 53.7 Å². The molecule has 1 amide bonds. The summed E-state index contributed by atoms with van der Waals surface area (Å²) in [6.07, 6.45) is 1.17. The first kappa shape index (κ1) is 12.3. The zero-order chi connectivity index (χ0) is 13.9. The lowest BCUT2D eigenvalue weighted by molar-refractivity contribution is 0.0938. The Labute approximate surface area is 115 Å². The summed E-state index contributed by atoms with van der Waals surface area (Å²) < 4.78 is 5.06.